The molecule has 0 aliphatic carbocycles. The van der Waals surface area contributed by atoms with Crippen molar-refractivity contribution >= 4 is 17.8 Å². The van der Waals surface area contributed by atoms with E-state index in [4.69, 9.17) is 4.74 Å². The molecule has 1 rings (SSSR count). The molecule has 0 spiro atoms. The van der Waals surface area contributed by atoms with E-state index in [9.17, 15) is 14.4 Å². The Bertz CT molecular complexity index is 335. The van der Waals surface area contributed by atoms with E-state index in [0.29, 0.717) is 6.42 Å². The second-order valence-corrected chi connectivity index (χ2v) is 4.57. The number of hydrogen-bond donors (Lipinski definition) is 0. The Balaban J connectivity index is 2.74. The van der Waals surface area contributed by atoms with Gasteiger partial charge in [0, 0.05) is 12.3 Å². The first kappa shape index (κ1) is 12.7. The molecule has 0 saturated carbocycles. The van der Waals surface area contributed by atoms with Gasteiger partial charge < -0.3 is 4.74 Å². The standard InChI is InChI=1S/C11H17NO4/c1-5-11(3,4)10(15)12-8(14)6-9(12)16-7(2)13/h9H,5-6H2,1-4H3. The molecule has 0 aromatic heterocycles. The molecule has 1 aliphatic heterocycles. The number of amides is 2. The zero-order chi connectivity index (χ0) is 12.5. The number of imide groups is 1. The van der Waals surface area contributed by atoms with Gasteiger partial charge in [0.25, 0.3) is 0 Å². The molecule has 1 fully saturated rings. The number of hydrogen-bond acceptors (Lipinski definition) is 4. The molecule has 0 N–H and O–H groups in total. The fraction of sp³-hybridized carbons (Fsp3) is 0.727. The molecule has 1 heterocycles. The summed E-state index contributed by atoms with van der Waals surface area (Å²) in [4.78, 5) is 35.2. The lowest BCUT2D eigenvalue weighted by Gasteiger charge is -2.41. The highest BCUT2D eigenvalue weighted by Gasteiger charge is 2.47. The van der Waals surface area contributed by atoms with E-state index in [2.05, 4.69) is 0 Å². The monoisotopic (exact) mass is 227 g/mol. The maximum absolute atomic E-state index is 12.0. The third-order valence-corrected chi connectivity index (χ3v) is 2.89. The first-order chi connectivity index (χ1) is 7.29. The number of β-lactam (4-membered cyclic amide) rings is 1. The number of likely N-dealkylation sites (tertiary alicyclic amines) is 1. The summed E-state index contributed by atoms with van der Waals surface area (Å²) in [5.74, 6) is -1.04. The van der Waals surface area contributed by atoms with Gasteiger partial charge in [-0.15, -0.1) is 0 Å². The topological polar surface area (TPSA) is 63.7 Å². The Labute approximate surface area is 94.7 Å². The van der Waals surface area contributed by atoms with E-state index >= 15 is 0 Å². The van der Waals surface area contributed by atoms with Crippen molar-refractivity contribution in [3.05, 3.63) is 0 Å². The summed E-state index contributed by atoms with van der Waals surface area (Å²) >= 11 is 0. The molecule has 1 unspecified atom stereocenters. The van der Waals surface area contributed by atoms with Crippen LogP contribution in [0, 0.1) is 5.41 Å². The third-order valence-electron chi connectivity index (χ3n) is 2.89. The Kier molecular flexibility index (Phi) is 3.35. The summed E-state index contributed by atoms with van der Waals surface area (Å²) in [5, 5.41) is 0. The molecule has 1 atom stereocenters. The zero-order valence-electron chi connectivity index (χ0n) is 10.1. The summed E-state index contributed by atoms with van der Waals surface area (Å²) in [6, 6.07) is 0. The van der Waals surface area contributed by atoms with Crippen LogP contribution in [0.25, 0.3) is 0 Å². The predicted molar refractivity (Wildman–Crippen MR) is 56.1 cm³/mol. The summed E-state index contributed by atoms with van der Waals surface area (Å²) in [6.07, 6.45) is 0.0244. The van der Waals surface area contributed by atoms with Crippen LogP contribution in [-0.4, -0.2) is 28.9 Å². The highest BCUT2D eigenvalue weighted by atomic mass is 16.6. The van der Waals surface area contributed by atoms with Crippen LogP contribution >= 0.6 is 0 Å². The Hall–Kier alpha value is -1.39. The molecule has 5 heteroatoms. The summed E-state index contributed by atoms with van der Waals surface area (Å²) in [5.41, 5.74) is -0.603. The van der Waals surface area contributed by atoms with Gasteiger partial charge in [-0.25, -0.2) is 4.90 Å². The van der Waals surface area contributed by atoms with Crippen LogP contribution in [0.2, 0.25) is 0 Å². The van der Waals surface area contributed by atoms with Gasteiger partial charge in [0.15, 0.2) is 6.23 Å². The first-order valence-electron chi connectivity index (χ1n) is 5.33. The molecule has 5 nitrogen and oxygen atoms in total. The molecule has 0 radical (unpaired) electrons. The maximum atomic E-state index is 12.0. The second kappa shape index (κ2) is 4.23. The van der Waals surface area contributed by atoms with Gasteiger partial charge in [-0.2, -0.15) is 0 Å². The Morgan fingerprint density at radius 1 is 1.50 bits per heavy atom. The molecule has 16 heavy (non-hydrogen) atoms. The first-order valence-corrected chi connectivity index (χ1v) is 5.33. The minimum Gasteiger partial charge on any atom is -0.441 e. The van der Waals surface area contributed by atoms with Crippen molar-refractivity contribution in [1.82, 2.24) is 4.90 Å². The number of carbonyl (C=O) groups excluding carboxylic acids is 3. The average Bonchev–Trinajstić information content (AvgIpc) is 2.16. The van der Waals surface area contributed by atoms with E-state index in [1.165, 1.54) is 6.92 Å². The van der Waals surface area contributed by atoms with Gasteiger partial charge >= 0.3 is 5.97 Å². The molecule has 90 valence electrons. The van der Waals surface area contributed by atoms with Gasteiger partial charge in [0.2, 0.25) is 11.8 Å². The maximum Gasteiger partial charge on any atom is 0.304 e. The van der Waals surface area contributed by atoms with Crippen molar-refractivity contribution in [1.29, 1.82) is 0 Å². The molecular formula is C11H17NO4. The van der Waals surface area contributed by atoms with Crippen molar-refractivity contribution in [2.24, 2.45) is 5.41 Å². The van der Waals surface area contributed by atoms with Crippen LogP contribution < -0.4 is 0 Å². The Morgan fingerprint density at radius 2 is 2.06 bits per heavy atom. The number of rotatable bonds is 3. The number of esters is 1. The van der Waals surface area contributed by atoms with Crippen LogP contribution in [0.4, 0.5) is 0 Å². The minimum absolute atomic E-state index is 0.102. The van der Waals surface area contributed by atoms with Crippen molar-refractivity contribution in [2.45, 2.75) is 46.8 Å². The van der Waals surface area contributed by atoms with Gasteiger partial charge in [-0.1, -0.05) is 20.8 Å². The van der Waals surface area contributed by atoms with E-state index in [1.807, 2.05) is 6.92 Å². The molecular weight excluding hydrogens is 210 g/mol. The quantitative estimate of drug-likeness (QED) is 0.534. The lowest BCUT2D eigenvalue weighted by molar-refractivity contribution is -0.190. The van der Waals surface area contributed by atoms with Crippen LogP contribution in [0.3, 0.4) is 0 Å². The lowest BCUT2D eigenvalue weighted by Crippen LogP contribution is -2.60. The van der Waals surface area contributed by atoms with Crippen LogP contribution in [-0.2, 0) is 19.1 Å². The minimum atomic E-state index is -0.705. The van der Waals surface area contributed by atoms with E-state index in [-0.39, 0.29) is 18.2 Å². The predicted octanol–water partition coefficient (Wildman–Crippen LogP) is 1.07. The van der Waals surface area contributed by atoms with Crippen molar-refractivity contribution in [3.8, 4) is 0 Å². The van der Waals surface area contributed by atoms with Crippen LogP contribution in [0.15, 0.2) is 0 Å². The summed E-state index contributed by atoms with van der Waals surface area (Å²) < 4.78 is 4.88. The fourth-order valence-electron chi connectivity index (χ4n) is 1.39. The SMILES string of the molecule is CCC(C)(C)C(=O)N1C(=O)CC1OC(C)=O. The normalized spacial score (nSPS) is 20.4. The van der Waals surface area contributed by atoms with Gasteiger partial charge in [-0.3, -0.25) is 14.4 Å². The van der Waals surface area contributed by atoms with Crippen LogP contribution in [0.1, 0.15) is 40.5 Å². The van der Waals surface area contributed by atoms with Crippen LogP contribution in [0.5, 0.6) is 0 Å². The molecule has 1 aliphatic rings. The molecule has 1 saturated heterocycles. The smallest absolute Gasteiger partial charge is 0.304 e. The summed E-state index contributed by atoms with van der Waals surface area (Å²) in [6.45, 7) is 6.68. The second-order valence-electron chi connectivity index (χ2n) is 4.57. The van der Waals surface area contributed by atoms with Crippen molar-refractivity contribution in [3.63, 3.8) is 0 Å². The van der Waals surface area contributed by atoms with Gasteiger partial charge in [0.1, 0.15) is 0 Å². The highest BCUT2D eigenvalue weighted by Crippen LogP contribution is 2.30. The average molecular weight is 227 g/mol. The van der Waals surface area contributed by atoms with Crippen molar-refractivity contribution < 1.29 is 19.1 Å². The highest BCUT2D eigenvalue weighted by molar-refractivity contribution is 6.02. The fourth-order valence-corrected chi connectivity index (χ4v) is 1.39. The number of ether oxygens (including phenoxy) is 1. The molecule has 0 aromatic carbocycles. The number of nitrogens with zero attached hydrogens (tertiary/aromatic N) is 1. The largest absolute Gasteiger partial charge is 0.441 e. The van der Waals surface area contributed by atoms with Gasteiger partial charge in [0.05, 0.1) is 6.42 Å². The molecule has 0 bridgehead atoms. The van der Waals surface area contributed by atoms with Crippen molar-refractivity contribution in [2.75, 3.05) is 0 Å². The third kappa shape index (κ3) is 2.23. The Morgan fingerprint density at radius 3 is 2.44 bits per heavy atom. The van der Waals surface area contributed by atoms with E-state index in [0.717, 1.165) is 4.90 Å². The van der Waals surface area contributed by atoms with E-state index < -0.39 is 17.6 Å². The van der Waals surface area contributed by atoms with E-state index in [1.54, 1.807) is 13.8 Å². The zero-order valence-corrected chi connectivity index (χ0v) is 10.1. The molecule has 2 amide bonds. The van der Waals surface area contributed by atoms with Gasteiger partial charge in [-0.05, 0) is 6.42 Å². The summed E-state index contributed by atoms with van der Waals surface area (Å²) in [7, 11) is 0. The number of carbonyl (C=O) groups is 3. The molecule has 0 aromatic rings. The lowest BCUT2D eigenvalue weighted by atomic mass is 9.87.